The normalized spacial score (nSPS) is 11.4. The fourth-order valence-electron chi connectivity index (χ4n) is 3.44. The fraction of sp³-hybridized carbons (Fsp3) is 0.200. The summed E-state index contributed by atoms with van der Waals surface area (Å²) < 4.78 is 0. The fourth-order valence-corrected chi connectivity index (χ4v) is 3.44. The molecule has 0 saturated heterocycles. The molecule has 28 heavy (non-hydrogen) atoms. The second kappa shape index (κ2) is 9.65. The maximum absolute atomic E-state index is 6.28. The van der Waals surface area contributed by atoms with Crippen molar-refractivity contribution in [1.29, 1.82) is 0 Å². The molecule has 146 valence electrons. The van der Waals surface area contributed by atoms with E-state index < -0.39 is 0 Å². The molecule has 2 rings (SSSR count). The molecule has 0 heterocycles. The van der Waals surface area contributed by atoms with Crippen LogP contribution in [0.5, 0.6) is 0 Å². The lowest BCUT2D eigenvalue weighted by molar-refractivity contribution is 0.361. The van der Waals surface area contributed by atoms with E-state index in [-0.39, 0.29) is 6.04 Å². The van der Waals surface area contributed by atoms with Gasteiger partial charge in [-0.05, 0) is 30.0 Å². The van der Waals surface area contributed by atoms with Gasteiger partial charge in [0.1, 0.15) is 0 Å². The van der Waals surface area contributed by atoms with E-state index in [1.165, 1.54) is 0 Å². The Hall–Kier alpha value is -3.20. The first-order valence-electron chi connectivity index (χ1n) is 9.46. The number of para-hydroxylation sites is 1. The molecular weight excluding hydrogens is 342 g/mol. The van der Waals surface area contributed by atoms with Gasteiger partial charge in [-0.15, -0.1) is 6.58 Å². The maximum Gasteiger partial charge on any atom is 0.0681 e. The Morgan fingerprint density at radius 3 is 2.39 bits per heavy atom. The zero-order valence-electron chi connectivity index (χ0n) is 17.0. The predicted octanol–water partition coefficient (Wildman–Crippen LogP) is 5.55. The number of hydrogen-bond acceptors (Lipinski definition) is 3. The lowest BCUT2D eigenvalue weighted by Crippen LogP contribution is -2.35. The number of nitrogens with one attached hydrogen (secondary N) is 1. The molecule has 0 aliphatic heterocycles. The van der Waals surface area contributed by atoms with Crippen molar-refractivity contribution in [3.8, 4) is 11.1 Å². The number of hydrogen-bond donors (Lipinski definition) is 2. The van der Waals surface area contributed by atoms with Crippen molar-refractivity contribution in [2.45, 2.75) is 18.9 Å². The molecule has 1 unspecified atom stereocenters. The van der Waals surface area contributed by atoms with Crippen LogP contribution < -0.4 is 11.1 Å². The summed E-state index contributed by atoms with van der Waals surface area (Å²) in [6.07, 6.45) is 5.59. The SMILES string of the molecule is C=CCCC(C(=C)NC)N(C)C(=C)c1c(C=C)cccc1-c1ccccc1N. The summed E-state index contributed by atoms with van der Waals surface area (Å²) in [7, 11) is 3.95. The second-order valence-electron chi connectivity index (χ2n) is 6.78. The number of nitrogens with zero attached hydrogens (tertiary/aromatic N) is 1. The number of benzene rings is 2. The Kier molecular flexibility index (Phi) is 7.28. The molecule has 2 aromatic carbocycles. The number of nitrogens with two attached hydrogens (primary N) is 1. The highest BCUT2D eigenvalue weighted by atomic mass is 15.2. The number of rotatable bonds is 10. The van der Waals surface area contributed by atoms with Crippen molar-refractivity contribution in [2.75, 3.05) is 19.8 Å². The minimum atomic E-state index is 0.0920. The molecule has 0 aliphatic carbocycles. The van der Waals surface area contributed by atoms with E-state index in [0.29, 0.717) is 0 Å². The molecular formula is C25H31N3. The Bertz CT molecular complexity index is 879. The van der Waals surface area contributed by atoms with Crippen LogP contribution in [-0.2, 0) is 0 Å². The second-order valence-corrected chi connectivity index (χ2v) is 6.78. The molecule has 0 saturated carbocycles. The average Bonchev–Trinajstić information content (AvgIpc) is 2.72. The molecule has 0 bridgehead atoms. The minimum Gasteiger partial charge on any atom is -0.398 e. The zero-order valence-corrected chi connectivity index (χ0v) is 17.0. The van der Waals surface area contributed by atoms with E-state index in [1.807, 2.05) is 49.5 Å². The molecule has 2 aromatic rings. The van der Waals surface area contributed by atoms with Gasteiger partial charge in [0.05, 0.1) is 6.04 Å². The van der Waals surface area contributed by atoms with E-state index in [2.05, 4.69) is 55.7 Å². The topological polar surface area (TPSA) is 41.3 Å². The highest BCUT2D eigenvalue weighted by Crippen LogP contribution is 2.36. The van der Waals surface area contributed by atoms with E-state index in [0.717, 1.165) is 52.2 Å². The summed E-state index contributed by atoms with van der Waals surface area (Å²) in [5, 5.41) is 3.19. The van der Waals surface area contributed by atoms with Gasteiger partial charge in [-0.1, -0.05) is 68.3 Å². The van der Waals surface area contributed by atoms with Crippen LogP contribution in [-0.4, -0.2) is 25.0 Å². The molecule has 0 aliphatic rings. The van der Waals surface area contributed by atoms with E-state index >= 15 is 0 Å². The van der Waals surface area contributed by atoms with Gasteiger partial charge in [0.2, 0.25) is 0 Å². The Morgan fingerprint density at radius 1 is 1.11 bits per heavy atom. The summed E-state index contributed by atoms with van der Waals surface area (Å²) >= 11 is 0. The van der Waals surface area contributed by atoms with Crippen LogP contribution in [0.1, 0.15) is 24.0 Å². The van der Waals surface area contributed by atoms with E-state index in [9.17, 15) is 0 Å². The summed E-state index contributed by atoms with van der Waals surface area (Å²) in [5.41, 5.74) is 13.0. The van der Waals surface area contributed by atoms with Gasteiger partial charge in [-0.2, -0.15) is 0 Å². The monoisotopic (exact) mass is 373 g/mol. The van der Waals surface area contributed by atoms with Crippen molar-refractivity contribution < 1.29 is 0 Å². The smallest absolute Gasteiger partial charge is 0.0681 e. The molecule has 3 N–H and O–H groups in total. The third-order valence-corrected chi connectivity index (χ3v) is 5.12. The molecule has 0 fully saturated rings. The van der Waals surface area contributed by atoms with Crippen LogP contribution in [0.15, 0.2) is 80.6 Å². The van der Waals surface area contributed by atoms with Crippen LogP contribution in [0.25, 0.3) is 22.9 Å². The summed E-state index contributed by atoms with van der Waals surface area (Å²) in [5.74, 6) is 0. The van der Waals surface area contributed by atoms with Crippen LogP contribution >= 0.6 is 0 Å². The van der Waals surface area contributed by atoms with Crippen molar-refractivity contribution in [3.63, 3.8) is 0 Å². The lowest BCUT2D eigenvalue weighted by Gasteiger charge is -2.34. The standard InChI is InChI=1S/C25H31N3/c1-7-9-17-24(18(3)27-5)28(6)19(4)25-20(8-2)13-12-15-22(25)21-14-10-11-16-23(21)26/h7-8,10-16,24,27H,1-4,9,17,26H2,5-6H3. The Morgan fingerprint density at radius 2 is 1.79 bits per heavy atom. The van der Waals surface area contributed by atoms with Crippen LogP contribution in [0, 0.1) is 0 Å². The van der Waals surface area contributed by atoms with E-state index in [1.54, 1.807) is 0 Å². The summed E-state index contributed by atoms with van der Waals surface area (Å²) in [6, 6.07) is 14.1. The molecule has 0 aromatic heterocycles. The van der Waals surface area contributed by atoms with Gasteiger partial charge in [-0.25, -0.2) is 0 Å². The van der Waals surface area contributed by atoms with Crippen molar-refractivity contribution in [1.82, 2.24) is 10.2 Å². The Balaban J connectivity index is 2.57. The van der Waals surface area contributed by atoms with Crippen molar-refractivity contribution in [2.24, 2.45) is 0 Å². The predicted molar refractivity (Wildman–Crippen MR) is 125 cm³/mol. The highest BCUT2D eigenvalue weighted by Gasteiger charge is 2.22. The van der Waals surface area contributed by atoms with Crippen molar-refractivity contribution >= 4 is 17.5 Å². The number of nitrogen functional groups attached to an aromatic ring is 1. The maximum atomic E-state index is 6.28. The molecule has 1 atom stereocenters. The van der Waals surface area contributed by atoms with Gasteiger partial charge in [0.15, 0.2) is 0 Å². The quantitative estimate of drug-likeness (QED) is 0.424. The first-order chi connectivity index (χ1) is 13.5. The highest BCUT2D eigenvalue weighted by molar-refractivity contribution is 5.89. The minimum absolute atomic E-state index is 0.0920. The van der Waals surface area contributed by atoms with Gasteiger partial charge >= 0.3 is 0 Å². The number of anilines is 1. The van der Waals surface area contributed by atoms with Gasteiger partial charge in [0.25, 0.3) is 0 Å². The molecule has 0 amide bonds. The number of allylic oxidation sites excluding steroid dienone is 1. The molecule has 0 radical (unpaired) electrons. The average molecular weight is 374 g/mol. The van der Waals surface area contributed by atoms with Crippen LogP contribution in [0.3, 0.4) is 0 Å². The molecule has 3 nitrogen and oxygen atoms in total. The van der Waals surface area contributed by atoms with Gasteiger partial charge in [0, 0.05) is 42.3 Å². The first-order valence-corrected chi connectivity index (χ1v) is 9.46. The number of likely N-dealkylation sites (N-methyl/N-ethyl adjacent to an activating group) is 2. The summed E-state index contributed by atoms with van der Waals surface area (Å²) in [4.78, 5) is 2.17. The van der Waals surface area contributed by atoms with Crippen LogP contribution in [0.2, 0.25) is 0 Å². The van der Waals surface area contributed by atoms with E-state index in [4.69, 9.17) is 5.73 Å². The van der Waals surface area contributed by atoms with Gasteiger partial charge in [-0.3, -0.25) is 0 Å². The van der Waals surface area contributed by atoms with Crippen LogP contribution in [0.4, 0.5) is 5.69 Å². The third kappa shape index (κ3) is 4.37. The molecule has 3 heteroatoms. The van der Waals surface area contributed by atoms with Gasteiger partial charge < -0.3 is 16.0 Å². The third-order valence-electron chi connectivity index (χ3n) is 5.12. The lowest BCUT2D eigenvalue weighted by atomic mass is 9.91. The van der Waals surface area contributed by atoms with Crippen molar-refractivity contribution in [3.05, 3.63) is 91.7 Å². The Labute approximate surface area is 169 Å². The molecule has 0 spiro atoms. The zero-order chi connectivity index (χ0) is 20.7. The first kappa shape index (κ1) is 21.1. The largest absolute Gasteiger partial charge is 0.398 e. The summed E-state index contributed by atoms with van der Waals surface area (Å²) in [6.45, 7) is 16.5.